The van der Waals surface area contributed by atoms with Gasteiger partial charge >= 0.3 is 0 Å². The van der Waals surface area contributed by atoms with E-state index in [2.05, 4.69) is 4.98 Å². The molecule has 2 aromatic carbocycles. The van der Waals surface area contributed by atoms with Crippen LogP contribution >= 0.6 is 23.2 Å². The minimum atomic E-state index is -0.388. The Bertz CT molecular complexity index is 845. The Labute approximate surface area is 136 Å². The topological polar surface area (TPSA) is 58.9 Å². The van der Waals surface area contributed by atoms with Gasteiger partial charge in [0.05, 0.1) is 16.0 Å². The fourth-order valence-electron chi connectivity index (χ4n) is 2.64. The summed E-state index contributed by atoms with van der Waals surface area (Å²) in [4.78, 5) is 13.9. The van der Waals surface area contributed by atoms with Gasteiger partial charge in [0.1, 0.15) is 0 Å². The van der Waals surface area contributed by atoms with Crippen LogP contribution < -0.4 is 0 Å². The highest BCUT2D eigenvalue weighted by atomic mass is 35.5. The Morgan fingerprint density at radius 3 is 2.64 bits per heavy atom. The first-order valence-electron chi connectivity index (χ1n) is 6.69. The number of benzene rings is 2. The summed E-state index contributed by atoms with van der Waals surface area (Å²) in [5.74, 6) is -0.388. The lowest BCUT2D eigenvalue weighted by atomic mass is 9.91. The summed E-state index contributed by atoms with van der Waals surface area (Å²) in [7, 11) is 0. The molecule has 1 heterocycles. The molecule has 112 valence electrons. The summed E-state index contributed by atoms with van der Waals surface area (Å²) in [5.41, 5.74) is 2.60. The first-order valence-corrected chi connectivity index (χ1v) is 7.44. The minimum Gasteiger partial charge on any atom is -0.361 e. The molecule has 0 amide bonds. The van der Waals surface area contributed by atoms with E-state index in [1.54, 1.807) is 18.2 Å². The second-order valence-electron chi connectivity index (χ2n) is 5.03. The number of hydrogen-bond donors (Lipinski definition) is 1. The third-order valence-corrected chi connectivity index (χ3v) is 4.41. The van der Waals surface area contributed by atoms with Gasteiger partial charge in [0.25, 0.3) is 0 Å². The summed E-state index contributed by atoms with van der Waals surface area (Å²) < 4.78 is 0. The van der Waals surface area contributed by atoms with Gasteiger partial charge in [-0.2, -0.15) is 0 Å². The van der Waals surface area contributed by atoms with E-state index in [0.717, 1.165) is 22.0 Å². The van der Waals surface area contributed by atoms with Gasteiger partial charge in [0.15, 0.2) is 0 Å². The monoisotopic (exact) mass is 334 g/mol. The number of nitro groups is 1. The Hall–Kier alpha value is -2.04. The van der Waals surface area contributed by atoms with Crippen LogP contribution in [0.2, 0.25) is 10.0 Å². The van der Waals surface area contributed by atoms with Crippen molar-refractivity contribution >= 4 is 34.1 Å². The number of fused-ring (bicyclic) bond motifs is 1. The lowest BCUT2D eigenvalue weighted by Crippen LogP contribution is -2.13. The predicted molar refractivity (Wildman–Crippen MR) is 88.5 cm³/mol. The molecule has 3 aromatic rings. The average Bonchev–Trinajstić information content (AvgIpc) is 2.91. The highest BCUT2D eigenvalue weighted by Crippen LogP contribution is 2.34. The number of hydrogen-bond acceptors (Lipinski definition) is 2. The molecule has 0 fully saturated rings. The second kappa shape index (κ2) is 5.99. The molecular formula is C16H12Cl2N2O2. The SMILES string of the molecule is O=[N+]([O-])CC(c1ccc(Cl)c(Cl)c1)c1c[nH]c2ccccc12. The van der Waals surface area contributed by atoms with Crippen molar-refractivity contribution in [2.75, 3.05) is 6.54 Å². The maximum atomic E-state index is 11.1. The van der Waals surface area contributed by atoms with Gasteiger partial charge in [-0.05, 0) is 29.3 Å². The second-order valence-corrected chi connectivity index (χ2v) is 5.85. The number of para-hydroxylation sites is 1. The van der Waals surface area contributed by atoms with Gasteiger partial charge in [0, 0.05) is 22.0 Å². The quantitative estimate of drug-likeness (QED) is 0.545. The number of aromatic amines is 1. The highest BCUT2D eigenvalue weighted by Gasteiger charge is 2.23. The van der Waals surface area contributed by atoms with Crippen LogP contribution in [0.3, 0.4) is 0 Å². The van der Waals surface area contributed by atoms with Crippen LogP contribution in [0.15, 0.2) is 48.7 Å². The van der Waals surface area contributed by atoms with Gasteiger partial charge in [-0.15, -0.1) is 0 Å². The van der Waals surface area contributed by atoms with Crippen molar-refractivity contribution in [3.8, 4) is 0 Å². The van der Waals surface area contributed by atoms with Gasteiger partial charge in [-0.25, -0.2) is 0 Å². The lowest BCUT2D eigenvalue weighted by molar-refractivity contribution is -0.481. The number of nitrogens with zero attached hydrogens (tertiary/aromatic N) is 1. The summed E-state index contributed by atoms with van der Waals surface area (Å²) in [6, 6.07) is 12.9. The molecule has 1 unspecified atom stereocenters. The third-order valence-electron chi connectivity index (χ3n) is 3.67. The molecule has 0 aliphatic carbocycles. The molecule has 0 aliphatic rings. The van der Waals surface area contributed by atoms with Crippen molar-refractivity contribution in [2.24, 2.45) is 0 Å². The van der Waals surface area contributed by atoms with E-state index in [1.165, 1.54) is 0 Å². The Morgan fingerprint density at radius 1 is 1.14 bits per heavy atom. The summed E-state index contributed by atoms with van der Waals surface area (Å²) in [5, 5.41) is 12.9. The van der Waals surface area contributed by atoms with Crippen LogP contribution in [-0.4, -0.2) is 16.5 Å². The number of H-pyrrole nitrogens is 1. The van der Waals surface area contributed by atoms with Crippen LogP contribution in [0, 0.1) is 10.1 Å². The van der Waals surface area contributed by atoms with E-state index in [4.69, 9.17) is 23.2 Å². The van der Waals surface area contributed by atoms with Crippen molar-refractivity contribution in [2.45, 2.75) is 5.92 Å². The molecule has 3 rings (SSSR count). The van der Waals surface area contributed by atoms with Gasteiger partial charge in [0.2, 0.25) is 6.54 Å². The summed E-state index contributed by atoms with van der Waals surface area (Å²) in [6.07, 6.45) is 1.82. The maximum Gasteiger partial charge on any atom is 0.214 e. The predicted octanol–water partition coefficient (Wildman–Crippen LogP) is 4.88. The van der Waals surface area contributed by atoms with Gasteiger partial charge in [-0.1, -0.05) is 47.5 Å². The molecule has 22 heavy (non-hydrogen) atoms. The average molecular weight is 335 g/mol. The van der Waals surface area contributed by atoms with Gasteiger partial charge < -0.3 is 4.98 Å². The van der Waals surface area contributed by atoms with E-state index in [0.29, 0.717) is 10.0 Å². The molecule has 0 aliphatic heterocycles. The molecule has 6 heteroatoms. The first-order chi connectivity index (χ1) is 10.6. The van der Waals surface area contributed by atoms with Crippen LogP contribution in [0.1, 0.15) is 17.0 Å². The summed E-state index contributed by atoms with van der Waals surface area (Å²) in [6.45, 7) is -0.209. The van der Waals surface area contributed by atoms with Crippen molar-refractivity contribution in [1.29, 1.82) is 0 Å². The lowest BCUT2D eigenvalue weighted by Gasteiger charge is -2.13. The zero-order valence-electron chi connectivity index (χ0n) is 11.4. The van der Waals surface area contributed by atoms with Crippen molar-refractivity contribution in [3.63, 3.8) is 0 Å². The van der Waals surface area contributed by atoms with Gasteiger partial charge in [-0.3, -0.25) is 10.1 Å². The summed E-state index contributed by atoms with van der Waals surface area (Å²) >= 11 is 12.0. The molecular weight excluding hydrogens is 323 g/mol. The number of aromatic nitrogens is 1. The minimum absolute atomic E-state index is 0.209. The Balaban J connectivity index is 2.13. The number of rotatable bonds is 4. The number of halogens is 2. The van der Waals surface area contributed by atoms with Crippen molar-refractivity contribution in [3.05, 3.63) is 79.9 Å². The molecule has 0 saturated heterocycles. The van der Waals surface area contributed by atoms with E-state index >= 15 is 0 Å². The van der Waals surface area contributed by atoms with Crippen molar-refractivity contribution < 1.29 is 4.92 Å². The fourth-order valence-corrected chi connectivity index (χ4v) is 2.95. The smallest absolute Gasteiger partial charge is 0.214 e. The Kier molecular flexibility index (Phi) is 4.05. The van der Waals surface area contributed by atoms with Crippen LogP contribution in [0.25, 0.3) is 10.9 Å². The largest absolute Gasteiger partial charge is 0.361 e. The van der Waals surface area contributed by atoms with E-state index in [1.807, 2.05) is 30.5 Å². The van der Waals surface area contributed by atoms with Crippen LogP contribution in [0.4, 0.5) is 0 Å². The van der Waals surface area contributed by atoms with Crippen LogP contribution in [-0.2, 0) is 0 Å². The fraction of sp³-hybridized carbons (Fsp3) is 0.125. The van der Waals surface area contributed by atoms with Crippen LogP contribution in [0.5, 0.6) is 0 Å². The zero-order valence-corrected chi connectivity index (χ0v) is 12.9. The molecule has 0 spiro atoms. The highest BCUT2D eigenvalue weighted by molar-refractivity contribution is 6.42. The number of nitrogens with one attached hydrogen (secondary N) is 1. The maximum absolute atomic E-state index is 11.1. The molecule has 0 radical (unpaired) electrons. The molecule has 1 N–H and O–H groups in total. The van der Waals surface area contributed by atoms with E-state index in [9.17, 15) is 10.1 Å². The van der Waals surface area contributed by atoms with Crippen molar-refractivity contribution in [1.82, 2.24) is 4.98 Å². The molecule has 4 nitrogen and oxygen atoms in total. The molecule has 0 bridgehead atoms. The van der Waals surface area contributed by atoms with E-state index in [-0.39, 0.29) is 17.4 Å². The standard InChI is InChI=1S/C16H12Cl2N2O2/c17-14-6-5-10(7-15(14)18)13(9-20(21)22)12-8-19-16-4-2-1-3-11(12)16/h1-8,13,19H,9H2. The zero-order chi connectivity index (χ0) is 15.7. The molecule has 0 saturated carbocycles. The molecule has 1 aromatic heterocycles. The third kappa shape index (κ3) is 2.80. The van der Waals surface area contributed by atoms with E-state index < -0.39 is 0 Å². The first kappa shape index (κ1) is 14.9. The Morgan fingerprint density at radius 2 is 1.91 bits per heavy atom. The molecule has 1 atom stereocenters. The normalized spacial score (nSPS) is 12.5.